The summed E-state index contributed by atoms with van der Waals surface area (Å²) in [4.78, 5) is 12.5. The lowest BCUT2D eigenvalue weighted by molar-refractivity contribution is -0.123. The van der Waals surface area contributed by atoms with Gasteiger partial charge in [-0.15, -0.1) is 0 Å². The van der Waals surface area contributed by atoms with Gasteiger partial charge in [-0.1, -0.05) is 48.5 Å². The number of ether oxygens (including phenoxy) is 1. The summed E-state index contributed by atoms with van der Waals surface area (Å²) in [6, 6.07) is 17.1. The van der Waals surface area contributed by atoms with Crippen molar-refractivity contribution in [3.05, 3.63) is 65.7 Å². The summed E-state index contributed by atoms with van der Waals surface area (Å²) in [5.41, 5.74) is 8.18. The largest absolute Gasteiger partial charge is 0.493 e. The highest BCUT2D eigenvalue weighted by molar-refractivity contribution is 5.82. The smallest absolute Gasteiger partial charge is 0.237 e. The minimum absolute atomic E-state index is 0.0389. The third-order valence-corrected chi connectivity index (χ3v) is 4.14. The van der Waals surface area contributed by atoms with Crippen LogP contribution in [0.15, 0.2) is 54.6 Å². The zero-order valence-electron chi connectivity index (χ0n) is 13.1. The SMILES string of the molecule is N[C@@H](Cc1ccccc1)C(=O)NC1CCCOc2ccccc21. The number of nitrogens with one attached hydrogen (secondary N) is 1. The number of benzene rings is 2. The highest BCUT2D eigenvalue weighted by Crippen LogP contribution is 2.31. The second-order valence-corrected chi connectivity index (χ2v) is 5.89. The summed E-state index contributed by atoms with van der Waals surface area (Å²) in [6.07, 6.45) is 2.31. The molecule has 23 heavy (non-hydrogen) atoms. The molecule has 0 aromatic heterocycles. The molecule has 1 aliphatic rings. The van der Waals surface area contributed by atoms with Crippen molar-refractivity contribution in [3.63, 3.8) is 0 Å². The number of nitrogens with two attached hydrogens (primary N) is 1. The average molecular weight is 310 g/mol. The van der Waals surface area contributed by atoms with E-state index in [1.165, 1.54) is 0 Å². The van der Waals surface area contributed by atoms with E-state index in [9.17, 15) is 4.79 Å². The Morgan fingerprint density at radius 3 is 2.74 bits per heavy atom. The fourth-order valence-corrected chi connectivity index (χ4v) is 2.91. The van der Waals surface area contributed by atoms with Gasteiger partial charge in [0, 0.05) is 5.56 Å². The van der Waals surface area contributed by atoms with E-state index in [0.29, 0.717) is 13.0 Å². The van der Waals surface area contributed by atoms with Crippen molar-refractivity contribution in [1.82, 2.24) is 5.32 Å². The minimum atomic E-state index is -0.547. The Hall–Kier alpha value is -2.33. The molecule has 120 valence electrons. The van der Waals surface area contributed by atoms with E-state index in [1.54, 1.807) is 0 Å². The molecule has 2 atom stereocenters. The van der Waals surface area contributed by atoms with Gasteiger partial charge in [0.05, 0.1) is 18.7 Å². The van der Waals surface area contributed by atoms with Crippen molar-refractivity contribution in [1.29, 1.82) is 0 Å². The van der Waals surface area contributed by atoms with Crippen LogP contribution in [-0.2, 0) is 11.2 Å². The molecule has 1 unspecified atom stereocenters. The molecule has 0 aliphatic carbocycles. The van der Waals surface area contributed by atoms with Crippen LogP contribution < -0.4 is 15.8 Å². The quantitative estimate of drug-likeness (QED) is 0.912. The number of rotatable bonds is 4. The first-order valence-corrected chi connectivity index (χ1v) is 8.05. The van der Waals surface area contributed by atoms with Gasteiger partial charge >= 0.3 is 0 Å². The number of carbonyl (C=O) groups excluding carboxylic acids is 1. The molecule has 0 spiro atoms. The molecular weight excluding hydrogens is 288 g/mol. The van der Waals surface area contributed by atoms with E-state index >= 15 is 0 Å². The standard InChI is InChI=1S/C19H22N2O2/c20-16(13-14-7-2-1-3-8-14)19(22)21-17-10-6-12-23-18-11-5-4-9-15(17)18/h1-5,7-9,11,16-17H,6,10,12-13,20H2,(H,21,22)/t16-,17?/m0/s1. The maximum absolute atomic E-state index is 12.5. The van der Waals surface area contributed by atoms with Crippen molar-refractivity contribution >= 4 is 5.91 Å². The van der Waals surface area contributed by atoms with Gasteiger partial charge in [-0.2, -0.15) is 0 Å². The van der Waals surface area contributed by atoms with Crippen LogP contribution >= 0.6 is 0 Å². The average Bonchev–Trinajstić information content (AvgIpc) is 2.78. The zero-order chi connectivity index (χ0) is 16.1. The second kappa shape index (κ2) is 7.29. The zero-order valence-corrected chi connectivity index (χ0v) is 13.1. The van der Waals surface area contributed by atoms with Gasteiger partial charge in [-0.3, -0.25) is 4.79 Å². The number of hydrogen-bond donors (Lipinski definition) is 2. The fraction of sp³-hybridized carbons (Fsp3) is 0.316. The topological polar surface area (TPSA) is 64.4 Å². The van der Waals surface area contributed by atoms with Crippen molar-refractivity contribution in [2.45, 2.75) is 31.3 Å². The van der Waals surface area contributed by atoms with E-state index in [2.05, 4.69) is 5.32 Å². The van der Waals surface area contributed by atoms with E-state index in [-0.39, 0.29) is 11.9 Å². The molecule has 1 aliphatic heterocycles. The second-order valence-electron chi connectivity index (χ2n) is 5.89. The number of fused-ring (bicyclic) bond motifs is 1. The first kappa shape index (κ1) is 15.6. The Balaban J connectivity index is 1.67. The highest BCUT2D eigenvalue weighted by atomic mass is 16.5. The molecule has 4 nitrogen and oxygen atoms in total. The predicted octanol–water partition coefficient (Wildman–Crippen LogP) is 2.59. The molecule has 4 heteroatoms. The predicted molar refractivity (Wildman–Crippen MR) is 90.2 cm³/mol. The molecule has 0 saturated heterocycles. The van der Waals surface area contributed by atoms with Crippen LogP contribution in [0.5, 0.6) is 5.75 Å². The molecule has 0 saturated carbocycles. The molecule has 0 radical (unpaired) electrons. The van der Waals surface area contributed by atoms with E-state index in [0.717, 1.165) is 29.7 Å². The number of hydrogen-bond acceptors (Lipinski definition) is 3. The number of para-hydroxylation sites is 1. The van der Waals surface area contributed by atoms with Crippen molar-refractivity contribution < 1.29 is 9.53 Å². The molecule has 1 heterocycles. The van der Waals surface area contributed by atoms with Crippen molar-refractivity contribution in [2.75, 3.05) is 6.61 Å². The normalized spacial score (nSPS) is 18.2. The molecule has 2 aromatic rings. The first-order chi connectivity index (χ1) is 11.2. The summed E-state index contributed by atoms with van der Waals surface area (Å²) >= 11 is 0. The van der Waals surface area contributed by atoms with Gasteiger partial charge < -0.3 is 15.8 Å². The summed E-state index contributed by atoms with van der Waals surface area (Å²) < 4.78 is 5.73. The van der Waals surface area contributed by atoms with Crippen LogP contribution in [-0.4, -0.2) is 18.6 Å². The molecule has 0 fully saturated rings. The molecule has 2 aromatic carbocycles. The van der Waals surface area contributed by atoms with Crippen LogP contribution in [0.1, 0.15) is 30.0 Å². The number of amides is 1. The Morgan fingerprint density at radius 2 is 1.91 bits per heavy atom. The van der Waals surface area contributed by atoms with Crippen molar-refractivity contribution in [2.24, 2.45) is 5.73 Å². The maximum atomic E-state index is 12.5. The van der Waals surface area contributed by atoms with Gasteiger partial charge in [-0.25, -0.2) is 0 Å². The van der Waals surface area contributed by atoms with Gasteiger partial charge in [0.1, 0.15) is 5.75 Å². The summed E-state index contributed by atoms with van der Waals surface area (Å²) in [7, 11) is 0. The minimum Gasteiger partial charge on any atom is -0.493 e. The Morgan fingerprint density at radius 1 is 1.17 bits per heavy atom. The fourth-order valence-electron chi connectivity index (χ4n) is 2.91. The highest BCUT2D eigenvalue weighted by Gasteiger charge is 2.23. The number of carbonyl (C=O) groups is 1. The van der Waals surface area contributed by atoms with Crippen LogP contribution in [0.3, 0.4) is 0 Å². The molecule has 3 N–H and O–H groups in total. The summed E-state index contributed by atoms with van der Waals surface area (Å²) in [5.74, 6) is 0.738. The van der Waals surface area contributed by atoms with Gasteiger partial charge in [0.2, 0.25) is 5.91 Å². The lowest BCUT2D eigenvalue weighted by Crippen LogP contribution is -2.43. The maximum Gasteiger partial charge on any atom is 0.237 e. The van der Waals surface area contributed by atoms with Gasteiger partial charge in [0.15, 0.2) is 0 Å². The van der Waals surface area contributed by atoms with E-state index in [4.69, 9.17) is 10.5 Å². The Labute approximate surface area is 136 Å². The summed E-state index contributed by atoms with van der Waals surface area (Å²) in [5, 5.41) is 3.09. The van der Waals surface area contributed by atoms with Gasteiger partial charge in [0.25, 0.3) is 0 Å². The lowest BCUT2D eigenvalue weighted by atomic mass is 10.0. The van der Waals surface area contributed by atoms with Crippen LogP contribution in [0.4, 0.5) is 0 Å². The molecule has 3 rings (SSSR count). The molecule has 0 bridgehead atoms. The molecule has 1 amide bonds. The van der Waals surface area contributed by atoms with Crippen LogP contribution in [0, 0.1) is 0 Å². The Kier molecular flexibility index (Phi) is 4.93. The molecular formula is C19H22N2O2. The van der Waals surface area contributed by atoms with Crippen LogP contribution in [0.25, 0.3) is 0 Å². The van der Waals surface area contributed by atoms with E-state index in [1.807, 2.05) is 54.6 Å². The Bertz CT molecular complexity index is 657. The van der Waals surface area contributed by atoms with Crippen molar-refractivity contribution in [3.8, 4) is 5.75 Å². The first-order valence-electron chi connectivity index (χ1n) is 8.05. The van der Waals surface area contributed by atoms with Crippen LogP contribution in [0.2, 0.25) is 0 Å². The lowest BCUT2D eigenvalue weighted by Gasteiger charge is -2.21. The monoisotopic (exact) mass is 310 g/mol. The van der Waals surface area contributed by atoms with E-state index < -0.39 is 6.04 Å². The third-order valence-electron chi connectivity index (χ3n) is 4.14. The third kappa shape index (κ3) is 3.90. The van der Waals surface area contributed by atoms with Gasteiger partial charge in [-0.05, 0) is 30.9 Å². The summed E-state index contributed by atoms with van der Waals surface area (Å²) in [6.45, 7) is 0.680.